The van der Waals surface area contributed by atoms with E-state index in [2.05, 4.69) is 9.46 Å². The molecule has 0 amide bonds. The number of carbonyl (C=O) groups excluding carboxylic acids is 1. The van der Waals surface area contributed by atoms with Gasteiger partial charge in [0.1, 0.15) is 0 Å². The van der Waals surface area contributed by atoms with E-state index in [9.17, 15) is 18.3 Å². The van der Waals surface area contributed by atoms with E-state index >= 15 is 0 Å². The summed E-state index contributed by atoms with van der Waals surface area (Å²) in [6, 6.07) is 0. The Kier molecular flexibility index (Phi) is 6.04. The number of ether oxygens (including phenoxy) is 1. The summed E-state index contributed by atoms with van der Waals surface area (Å²) < 4.78 is 30.1. The lowest BCUT2D eigenvalue weighted by Gasteiger charge is -2.25. The molecule has 0 atom stereocenters. The maximum Gasteiger partial charge on any atom is 0.306 e. The second-order valence-electron chi connectivity index (χ2n) is 4.67. The Labute approximate surface area is 108 Å². The highest BCUT2D eigenvalue weighted by molar-refractivity contribution is 7.89. The van der Waals surface area contributed by atoms with Crippen molar-refractivity contribution in [3.8, 4) is 0 Å². The molecule has 106 valence electrons. The number of aliphatic hydroxyl groups excluding tert-OH is 1. The Morgan fingerprint density at radius 1 is 1.33 bits per heavy atom. The lowest BCUT2D eigenvalue weighted by Crippen LogP contribution is -2.34. The minimum Gasteiger partial charge on any atom is -0.469 e. The lowest BCUT2D eigenvalue weighted by molar-refractivity contribution is -0.140. The molecule has 0 radical (unpaired) electrons. The molecule has 1 aliphatic carbocycles. The van der Waals surface area contributed by atoms with E-state index in [0.29, 0.717) is 6.54 Å². The van der Waals surface area contributed by atoms with Gasteiger partial charge in [-0.1, -0.05) is 0 Å². The van der Waals surface area contributed by atoms with Crippen LogP contribution in [-0.2, 0) is 19.6 Å². The molecule has 1 fully saturated rings. The Morgan fingerprint density at radius 2 is 1.94 bits per heavy atom. The zero-order valence-electron chi connectivity index (χ0n) is 10.6. The molecule has 1 rings (SSSR count). The van der Waals surface area contributed by atoms with Gasteiger partial charge in [0, 0.05) is 6.54 Å². The molecule has 0 bridgehead atoms. The molecule has 0 spiro atoms. The maximum atomic E-state index is 11.6. The van der Waals surface area contributed by atoms with E-state index < -0.39 is 16.0 Å². The van der Waals surface area contributed by atoms with Crippen molar-refractivity contribution in [3.05, 3.63) is 0 Å². The van der Waals surface area contributed by atoms with Crippen LogP contribution < -0.4 is 4.72 Å². The average molecular weight is 279 g/mol. The molecule has 0 aromatic carbocycles. The van der Waals surface area contributed by atoms with Crippen molar-refractivity contribution in [1.29, 1.82) is 0 Å². The fourth-order valence-electron chi connectivity index (χ4n) is 1.99. The number of nitrogens with one attached hydrogen (secondary N) is 1. The fourth-order valence-corrected chi connectivity index (χ4v) is 3.06. The van der Waals surface area contributed by atoms with E-state index in [1.165, 1.54) is 7.11 Å². The van der Waals surface area contributed by atoms with Crippen molar-refractivity contribution in [2.45, 2.75) is 38.2 Å². The summed E-state index contributed by atoms with van der Waals surface area (Å²) in [6.07, 6.45) is 2.76. The van der Waals surface area contributed by atoms with Crippen LogP contribution in [0.5, 0.6) is 0 Å². The number of aliphatic hydroxyl groups is 1. The van der Waals surface area contributed by atoms with Crippen LogP contribution in [0.25, 0.3) is 0 Å². The van der Waals surface area contributed by atoms with E-state index in [1.54, 1.807) is 0 Å². The molecule has 0 aromatic rings. The number of sulfonamides is 1. The first kappa shape index (κ1) is 15.4. The summed E-state index contributed by atoms with van der Waals surface area (Å²) in [5.74, 6) is -0.489. The Balaban J connectivity index is 2.26. The topological polar surface area (TPSA) is 92.7 Å². The summed E-state index contributed by atoms with van der Waals surface area (Å²) in [5, 5.41) is 9.34. The molecule has 7 heteroatoms. The van der Waals surface area contributed by atoms with Gasteiger partial charge in [-0.15, -0.1) is 0 Å². The SMILES string of the molecule is COC(=O)CCS(=O)(=O)NCC1CCC(O)CC1. The van der Waals surface area contributed by atoms with Crippen LogP contribution in [0.3, 0.4) is 0 Å². The predicted molar refractivity (Wildman–Crippen MR) is 66.4 cm³/mol. The fraction of sp³-hybridized carbons (Fsp3) is 0.909. The largest absolute Gasteiger partial charge is 0.469 e. The summed E-state index contributed by atoms with van der Waals surface area (Å²) in [6.45, 7) is 0.385. The molecule has 0 aliphatic heterocycles. The third-order valence-electron chi connectivity index (χ3n) is 3.21. The number of methoxy groups -OCH3 is 1. The molecule has 2 N–H and O–H groups in total. The van der Waals surface area contributed by atoms with Crippen molar-refractivity contribution in [3.63, 3.8) is 0 Å². The monoisotopic (exact) mass is 279 g/mol. The first-order chi connectivity index (χ1) is 8.43. The van der Waals surface area contributed by atoms with Crippen LogP contribution in [-0.4, -0.2) is 45.0 Å². The Hall–Kier alpha value is -0.660. The second kappa shape index (κ2) is 7.06. The van der Waals surface area contributed by atoms with Crippen LogP contribution >= 0.6 is 0 Å². The molecule has 6 nitrogen and oxygen atoms in total. The van der Waals surface area contributed by atoms with Crippen LogP contribution in [0.15, 0.2) is 0 Å². The molecule has 0 saturated heterocycles. The van der Waals surface area contributed by atoms with E-state index in [4.69, 9.17) is 0 Å². The van der Waals surface area contributed by atoms with Gasteiger partial charge in [-0.3, -0.25) is 4.79 Å². The third-order valence-corrected chi connectivity index (χ3v) is 4.56. The number of rotatable bonds is 6. The second-order valence-corrected chi connectivity index (χ2v) is 6.59. The van der Waals surface area contributed by atoms with Gasteiger partial charge in [0.15, 0.2) is 0 Å². The molecular weight excluding hydrogens is 258 g/mol. The predicted octanol–water partition coefficient (Wildman–Crippen LogP) is 0.0200. The first-order valence-corrected chi connectivity index (χ1v) is 7.80. The highest BCUT2D eigenvalue weighted by Gasteiger charge is 2.21. The Bertz CT molecular complexity index is 360. The van der Waals surface area contributed by atoms with Gasteiger partial charge in [0.05, 0.1) is 25.4 Å². The van der Waals surface area contributed by atoms with Crippen LogP contribution in [0.1, 0.15) is 32.1 Å². The van der Waals surface area contributed by atoms with Crippen LogP contribution in [0, 0.1) is 5.92 Å². The zero-order valence-corrected chi connectivity index (χ0v) is 11.4. The molecular formula is C11H21NO5S. The normalized spacial score (nSPS) is 24.8. The van der Waals surface area contributed by atoms with Gasteiger partial charge in [-0.25, -0.2) is 13.1 Å². The first-order valence-electron chi connectivity index (χ1n) is 6.15. The molecule has 1 saturated carbocycles. The minimum absolute atomic E-state index is 0.130. The van der Waals surface area contributed by atoms with Gasteiger partial charge in [-0.05, 0) is 31.6 Å². The quantitative estimate of drug-likeness (QED) is 0.669. The highest BCUT2D eigenvalue weighted by Crippen LogP contribution is 2.23. The molecule has 18 heavy (non-hydrogen) atoms. The van der Waals surface area contributed by atoms with E-state index in [0.717, 1.165) is 25.7 Å². The Morgan fingerprint density at radius 3 is 2.50 bits per heavy atom. The number of esters is 1. The van der Waals surface area contributed by atoms with E-state index in [-0.39, 0.29) is 24.2 Å². The van der Waals surface area contributed by atoms with Crippen LogP contribution in [0.2, 0.25) is 0 Å². The zero-order chi connectivity index (χ0) is 13.6. The number of hydrogen-bond acceptors (Lipinski definition) is 5. The molecule has 0 aromatic heterocycles. The minimum atomic E-state index is -3.41. The van der Waals surface area contributed by atoms with Gasteiger partial charge in [0.25, 0.3) is 0 Å². The van der Waals surface area contributed by atoms with E-state index in [1.807, 2.05) is 0 Å². The average Bonchev–Trinajstić information content (AvgIpc) is 2.35. The summed E-state index contributed by atoms with van der Waals surface area (Å²) in [5.41, 5.74) is 0. The molecule has 0 heterocycles. The van der Waals surface area contributed by atoms with Gasteiger partial charge < -0.3 is 9.84 Å². The third kappa shape index (κ3) is 5.79. The number of hydrogen-bond donors (Lipinski definition) is 2. The molecule has 0 unspecified atom stereocenters. The van der Waals surface area contributed by atoms with Crippen molar-refractivity contribution >= 4 is 16.0 Å². The lowest BCUT2D eigenvalue weighted by atomic mass is 9.88. The van der Waals surface area contributed by atoms with Crippen molar-refractivity contribution in [2.24, 2.45) is 5.92 Å². The number of carbonyl (C=O) groups is 1. The van der Waals surface area contributed by atoms with Gasteiger partial charge in [0.2, 0.25) is 10.0 Å². The highest BCUT2D eigenvalue weighted by atomic mass is 32.2. The standard InChI is InChI=1S/C11H21NO5S/c1-17-11(14)6-7-18(15,16)12-8-9-2-4-10(13)5-3-9/h9-10,12-13H,2-8H2,1H3. The van der Waals surface area contributed by atoms with Crippen LogP contribution in [0.4, 0.5) is 0 Å². The summed E-state index contributed by atoms with van der Waals surface area (Å²) in [7, 11) is -2.18. The van der Waals surface area contributed by atoms with Gasteiger partial charge >= 0.3 is 5.97 Å². The van der Waals surface area contributed by atoms with Gasteiger partial charge in [-0.2, -0.15) is 0 Å². The maximum absolute atomic E-state index is 11.6. The van der Waals surface area contributed by atoms with Crippen molar-refractivity contribution in [2.75, 3.05) is 19.4 Å². The molecule has 1 aliphatic rings. The van der Waals surface area contributed by atoms with Crippen molar-refractivity contribution < 1.29 is 23.1 Å². The summed E-state index contributed by atoms with van der Waals surface area (Å²) >= 11 is 0. The summed E-state index contributed by atoms with van der Waals surface area (Å²) in [4.78, 5) is 10.9. The smallest absolute Gasteiger partial charge is 0.306 e. The van der Waals surface area contributed by atoms with Crippen molar-refractivity contribution in [1.82, 2.24) is 4.72 Å².